The van der Waals surface area contributed by atoms with Crippen molar-refractivity contribution in [1.82, 2.24) is 14.9 Å². The Morgan fingerprint density at radius 2 is 1.61 bits per heavy atom. The molecule has 1 unspecified atom stereocenters. The highest BCUT2D eigenvalue weighted by Crippen LogP contribution is 2.21. The van der Waals surface area contributed by atoms with Crippen molar-refractivity contribution in [1.29, 1.82) is 0 Å². The Balaban J connectivity index is 1.48. The van der Waals surface area contributed by atoms with E-state index in [0.717, 1.165) is 12.0 Å². The first-order chi connectivity index (χ1) is 15.0. The number of rotatable bonds is 8. The summed E-state index contributed by atoms with van der Waals surface area (Å²) in [5, 5.41) is 5.07. The van der Waals surface area contributed by atoms with Gasteiger partial charge in [0.25, 0.3) is 0 Å². The van der Waals surface area contributed by atoms with Gasteiger partial charge in [0.15, 0.2) is 0 Å². The normalized spacial score (nSPS) is 17.1. The molecule has 0 radical (unpaired) electrons. The average molecular weight is 446 g/mol. The Kier molecular flexibility index (Phi) is 8.16. The number of hydrogen-bond acceptors (Lipinski definition) is 5. The van der Waals surface area contributed by atoms with E-state index in [0.29, 0.717) is 26.0 Å². The van der Waals surface area contributed by atoms with Crippen LogP contribution in [0, 0.1) is 0 Å². The third kappa shape index (κ3) is 6.36. The fraction of sp³-hybridized carbons (Fsp3) is 0.364. The van der Waals surface area contributed by atoms with Gasteiger partial charge >= 0.3 is 11.8 Å². The van der Waals surface area contributed by atoms with Crippen LogP contribution in [-0.4, -0.2) is 57.0 Å². The van der Waals surface area contributed by atoms with E-state index in [9.17, 15) is 18.0 Å². The van der Waals surface area contributed by atoms with Crippen LogP contribution >= 0.6 is 0 Å². The zero-order chi connectivity index (χ0) is 22.1. The average Bonchev–Trinajstić information content (AvgIpc) is 2.81. The number of amides is 2. The number of sulfonamides is 1. The van der Waals surface area contributed by atoms with Gasteiger partial charge in [-0.05, 0) is 37.0 Å². The van der Waals surface area contributed by atoms with E-state index >= 15 is 0 Å². The van der Waals surface area contributed by atoms with Crippen molar-refractivity contribution in [2.24, 2.45) is 0 Å². The molecule has 3 rings (SSSR count). The number of aryl methyl sites for hydroxylation is 1. The molecule has 9 heteroatoms. The van der Waals surface area contributed by atoms with Crippen molar-refractivity contribution in [2.75, 3.05) is 26.2 Å². The van der Waals surface area contributed by atoms with E-state index in [1.165, 1.54) is 16.4 Å². The van der Waals surface area contributed by atoms with Crippen LogP contribution in [0.1, 0.15) is 18.4 Å². The summed E-state index contributed by atoms with van der Waals surface area (Å²) in [6, 6.07) is 17.9. The van der Waals surface area contributed by atoms with Gasteiger partial charge in [0, 0.05) is 13.1 Å². The topological polar surface area (TPSA) is 105 Å². The van der Waals surface area contributed by atoms with E-state index in [-0.39, 0.29) is 18.0 Å². The summed E-state index contributed by atoms with van der Waals surface area (Å²) in [6.07, 6.45) is 1.19. The Hall–Kier alpha value is -2.75. The second-order valence-corrected chi connectivity index (χ2v) is 9.05. The number of carbonyl (C=O) groups excluding carboxylic acids is 2. The SMILES string of the molecule is O=C(NCCCc1ccccc1)C(=O)NCC1OCCCN1S(=O)(=O)c1ccccc1. The summed E-state index contributed by atoms with van der Waals surface area (Å²) in [5.41, 5.74) is 1.16. The molecule has 0 aromatic heterocycles. The van der Waals surface area contributed by atoms with Crippen molar-refractivity contribution >= 4 is 21.8 Å². The number of carbonyl (C=O) groups is 2. The molecule has 31 heavy (non-hydrogen) atoms. The van der Waals surface area contributed by atoms with Crippen molar-refractivity contribution < 1.29 is 22.7 Å². The van der Waals surface area contributed by atoms with Gasteiger partial charge in [-0.3, -0.25) is 9.59 Å². The van der Waals surface area contributed by atoms with E-state index in [1.54, 1.807) is 18.2 Å². The highest BCUT2D eigenvalue weighted by molar-refractivity contribution is 7.89. The molecule has 0 bridgehead atoms. The molecule has 2 aromatic rings. The molecule has 2 amide bonds. The van der Waals surface area contributed by atoms with E-state index in [1.807, 2.05) is 30.3 Å². The smallest absolute Gasteiger partial charge is 0.309 e. The van der Waals surface area contributed by atoms with Gasteiger partial charge in [0.05, 0.1) is 18.0 Å². The maximum absolute atomic E-state index is 12.9. The summed E-state index contributed by atoms with van der Waals surface area (Å²) in [5.74, 6) is -1.56. The largest absolute Gasteiger partial charge is 0.360 e. The molecule has 0 saturated carbocycles. The van der Waals surface area contributed by atoms with Crippen LogP contribution in [0.15, 0.2) is 65.6 Å². The van der Waals surface area contributed by atoms with Crippen LogP contribution in [0.3, 0.4) is 0 Å². The molecule has 2 aromatic carbocycles. The zero-order valence-electron chi connectivity index (χ0n) is 17.2. The Bertz CT molecular complexity index is 967. The number of benzene rings is 2. The Morgan fingerprint density at radius 3 is 2.32 bits per heavy atom. The molecule has 1 atom stereocenters. The molecule has 1 saturated heterocycles. The molecule has 2 N–H and O–H groups in total. The minimum Gasteiger partial charge on any atom is -0.360 e. The van der Waals surface area contributed by atoms with Gasteiger partial charge < -0.3 is 15.4 Å². The van der Waals surface area contributed by atoms with Crippen LogP contribution in [0.2, 0.25) is 0 Å². The number of nitrogens with one attached hydrogen (secondary N) is 2. The van der Waals surface area contributed by atoms with Gasteiger partial charge in [-0.2, -0.15) is 4.31 Å². The van der Waals surface area contributed by atoms with E-state index < -0.39 is 28.1 Å². The fourth-order valence-corrected chi connectivity index (χ4v) is 4.90. The van der Waals surface area contributed by atoms with Gasteiger partial charge in [-0.1, -0.05) is 48.5 Å². The van der Waals surface area contributed by atoms with Crippen molar-refractivity contribution in [2.45, 2.75) is 30.4 Å². The van der Waals surface area contributed by atoms with Crippen molar-refractivity contribution in [3.63, 3.8) is 0 Å². The lowest BCUT2D eigenvalue weighted by Crippen LogP contribution is -2.53. The van der Waals surface area contributed by atoms with Gasteiger partial charge in [0.2, 0.25) is 10.0 Å². The first-order valence-corrected chi connectivity index (χ1v) is 11.7. The molecule has 1 fully saturated rings. The fourth-order valence-electron chi connectivity index (χ4n) is 3.31. The van der Waals surface area contributed by atoms with E-state index in [4.69, 9.17) is 4.74 Å². The standard InChI is InChI=1S/C22H27N3O5S/c26-21(23-14-7-11-18-9-3-1-4-10-18)22(27)24-17-20-25(15-8-16-30-20)31(28,29)19-12-5-2-6-13-19/h1-6,9-10,12-13,20H,7-8,11,14-17H2,(H,23,26)(H,24,27). The lowest BCUT2D eigenvalue weighted by atomic mass is 10.1. The summed E-state index contributed by atoms with van der Waals surface area (Å²) in [6.45, 7) is 0.925. The summed E-state index contributed by atoms with van der Waals surface area (Å²) in [4.78, 5) is 24.3. The summed E-state index contributed by atoms with van der Waals surface area (Å²) >= 11 is 0. The molecule has 1 heterocycles. The van der Waals surface area contributed by atoms with Crippen LogP contribution in [0.4, 0.5) is 0 Å². The quantitative estimate of drug-likeness (QED) is 0.471. The van der Waals surface area contributed by atoms with Gasteiger partial charge in [-0.25, -0.2) is 8.42 Å². The summed E-state index contributed by atoms with van der Waals surface area (Å²) in [7, 11) is -3.77. The Morgan fingerprint density at radius 1 is 0.968 bits per heavy atom. The summed E-state index contributed by atoms with van der Waals surface area (Å²) < 4.78 is 32.6. The van der Waals surface area contributed by atoms with E-state index in [2.05, 4.69) is 10.6 Å². The first-order valence-electron chi connectivity index (χ1n) is 10.3. The van der Waals surface area contributed by atoms with Crippen LogP contribution < -0.4 is 10.6 Å². The lowest BCUT2D eigenvalue weighted by molar-refractivity contribution is -0.140. The molecular weight excluding hydrogens is 418 g/mol. The highest BCUT2D eigenvalue weighted by Gasteiger charge is 2.34. The number of ether oxygens (including phenoxy) is 1. The molecule has 1 aliphatic heterocycles. The van der Waals surface area contributed by atoms with Crippen LogP contribution in [0.5, 0.6) is 0 Å². The third-order valence-corrected chi connectivity index (χ3v) is 6.82. The lowest BCUT2D eigenvalue weighted by Gasteiger charge is -2.34. The monoisotopic (exact) mass is 445 g/mol. The predicted octanol–water partition coefficient (Wildman–Crippen LogP) is 1.29. The molecule has 166 valence electrons. The molecule has 0 spiro atoms. The van der Waals surface area contributed by atoms with Crippen molar-refractivity contribution in [3.05, 3.63) is 66.2 Å². The minimum atomic E-state index is -3.77. The predicted molar refractivity (Wildman–Crippen MR) is 115 cm³/mol. The maximum Gasteiger partial charge on any atom is 0.309 e. The van der Waals surface area contributed by atoms with Gasteiger partial charge in [-0.15, -0.1) is 0 Å². The molecule has 8 nitrogen and oxygen atoms in total. The first kappa shape index (κ1) is 22.9. The number of hydrogen-bond donors (Lipinski definition) is 2. The van der Waals surface area contributed by atoms with Gasteiger partial charge in [0.1, 0.15) is 6.23 Å². The minimum absolute atomic E-state index is 0.109. The van der Waals surface area contributed by atoms with Crippen molar-refractivity contribution in [3.8, 4) is 0 Å². The second-order valence-electron chi connectivity index (χ2n) is 7.16. The molecular formula is C22H27N3O5S. The van der Waals surface area contributed by atoms with Crippen LogP contribution in [0.25, 0.3) is 0 Å². The second kappa shape index (κ2) is 11.0. The molecule has 1 aliphatic rings. The highest BCUT2D eigenvalue weighted by atomic mass is 32.2. The Labute approximate surface area is 182 Å². The maximum atomic E-state index is 12.9. The zero-order valence-corrected chi connectivity index (χ0v) is 18.0. The van der Waals surface area contributed by atoms with Crippen LogP contribution in [-0.2, 0) is 30.8 Å². The molecule has 0 aliphatic carbocycles. The number of nitrogens with zero attached hydrogens (tertiary/aromatic N) is 1. The third-order valence-electron chi connectivity index (χ3n) is 4.92.